The van der Waals surface area contributed by atoms with Crippen molar-refractivity contribution in [2.75, 3.05) is 7.05 Å². The Morgan fingerprint density at radius 2 is 1.80 bits per heavy atom. The highest BCUT2D eigenvalue weighted by Gasteiger charge is 2.28. The Morgan fingerprint density at radius 3 is 2.25 bits per heavy atom. The number of likely N-dealkylation sites (N-methyl/N-ethyl adjacent to an activating group) is 1. The Labute approximate surface area is 119 Å². The van der Waals surface area contributed by atoms with Crippen LogP contribution in [0, 0.1) is 12.8 Å². The minimum Gasteiger partial charge on any atom is -0.445 e. The average molecular weight is 278 g/mol. The first kappa shape index (κ1) is 16.0. The fourth-order valence-electron chi connectivity index (χ4n) is 2.01. The molecule has 1 unspecified atom stereocenters. The molecule has 2 N–H and O–H groups in total. The van der Waals surface area contributed by atoms with Crippen LogP contribution in [0.4, 0.5) is 4.79 Å². The van der Waals surface area contributed by atoms with Crippen LogP contribution in [-0.4, -0.2) is 30.0 Å². The smallest absolute Gasteiger partial charge is 0.410 e. The molecule has 0 bridgehead atoms. The van der Waals surface area contributed by atoms with Crippen molar-refractivity contribution in [1.82, 2.24) is 4.90 Å². The summed E-state index contributed by atoms with van der Waals surface area (Å²) in [5.74, 6) is -0.598. The molecule has 110 valence electrons. The fraction of sp³-hybridized carbons (Fsp3) is 0.467. The number of benzene rings is 1. The second-order valence-electron chi connectivity index (χ2n) is 5.24. The van der Waals surface area contributed by atoms with Gasteiger partial charge >= 0.3 is 6.09 Å². The van der Waals surface area contributed by atoms with E-state index in [-0.39, 0.29) is 12.5 Å². The highest BCUT2D eigenvalue weighted by atomic mass is 16.6. The SMILES string of the molecule is Cc1ccc(COC(=O)N(C)C(C(N)=O)C(C)C)cc1. The van der Waals surface area contributed by atoms with Crippen molar-refractivity contribution in [2.45, 2.75) is 33.4 Å². The Morgan fingerprint density at radius 1 is 1.25 bits per heavy atom. The molecule has 1 atom stereocenters. The number of hydrogen-bond acceptors (Lipinski definition) is 3. The molecule has 0 radical (unpaired) electrons. The number of carbonyl (C=O) groups is 2. The van der Waals surface area contributed by atoms with E-state index in [1.807, 2.05) is 45.0 Å². The molecule has 0 saturated carbocycles. The van der Waals surface area contributed by atoms with Crippen molar-refractivity contribution >= 4 is 12.0 Å². The van der Waals surface area contributed by atoms with Crippen LogP contribution in [-0.2, 0) is 16.1 Å². The molecule has 0 fully saturated rings. The standard InChI is InChI=1S/C15H22N2O3/c1-10(2)13(14(16)18)17(4)15(19)20-9-12-7-5-11(3)6-8-12/h5-8,10,13H,9H2,1-4H3,(H2,16,18). The van der Waals surface area contributed by atoms with Crippen LogP contribution >= 0.6 is 0 Å². The predicted molar refractivity (Wildman–Crippen MR) is 76.9 cm³/mol. The lowest BCUT2D eigenvalue weighted by Crippen LogP contribution is -2.48. The van der Waals surface area contributed by atoms with Crippen molar-refractivity contribution in [2.24, 2.45) is 11.7 Å². The zero-order valence-electron chi connectivity index (χ0n) is 12.4. The van der Waals surface area contributed by atoms with E-state index < -0.39 is 18.0 Å². The number of amides is 2. The number of carbonyl (C=O) groups excluding carboxylic acids is 2. The number of nitrogens with zero attached hydrogens (tertiary/aromatic N) is 1. The Hall–Kier alpha value is -2.04. The maximum absolute atomic E-state index is 11.9. The van der Waals surface area contributed by atoms with Gasteiger partial charge in [0.25, 0.3) is 0 Å². The van der Waals surface area contributed by atoms with Crippen LogP contribution in [0.1, 0.15) is 25.0 Å². The number of hydrogen-bond donors (Lipinski definition) is 1. The van der Waals surface area contributed by atoms with Crippen molar-refractivity contribution in [3.63, 3.8) is 0 Å². The topological polar surface area (TPSA) is 72.6 Å². The summed E-state index contributed by atoms with van der Waals surface area (Å²) in [5.41, 5.74) is 7.36. The molecule has 0 aliphatic rings. The van der Waals surface area contributed by atoms with Gasteiger partial charge in [-0.25, -0.2) is 4.79 Å². The lowest BCUT2D eigenvalue weighted by atomic mass is 10.0. The van der Waals surface area contributed by atoms with Gasteiger partial charge in [0, 0.05) is 7.05 Å². The summed E-state index contributed by atoms with van der Waals surface area (Å²) >= 11 is 0. The largest absolute Gasteiger partial charge is 0.445 e. The number of nitrogens with two attached hydrogens (primary N) is 1. The van der Waals surface area contributed by atoms with Gasteiger partial charge in [-0.05, 0) is 18.4 Å². The maximum atomic E-state index is 11.9. The molecule has 0 aliphatic heterocycles. The molecule has 0 aromatic heterocycles. The van der Waals surface area contributed by atoms with E-state index in [2.05, 4.69) is 0 Å². The summed E-state index contributed by atoms with van der Waals surface area (Å²) in [6.07, 6.45) is -0.553. The van der Waals surface area contributed by atoms with Gasteiger partial charge in [0.2, 0.25) is 5.91 Å². The summed E-state index contributed by atoms with van der Waals surface area (Å²) in [6.45, 7) is 5.83. The van der Waals surface area contributed by atoms with Crippen LogP contribution in [0.2, 0.25) is 0 Å². The summed E-state index contributed by atoms with van der Waals surface area (Å²) < 4.78 is 5.19. The zero-order chi connectivity index (χ0) is 15.3. The van der Waals surface area contributed by atoms with E-state index in [1.54, 1.807) is 0 Å². The molecule has 0 aliphatic carbocycles. The third-order valence-corrected chi connectivity index (χ3v) is 3.11. The van der Waals surface area contributed by atoms with Gasteiger partial charge in [0.05, 0.1) is 0 Å². The monoisotopic (exact) mass is 278 g/mol. The highest BCUT2D eigenvalue weighted by Crippen LogP contribution is 2.11. The first-order valence-corrected chi connectivity index (χ1v) is 6.57. The fourth-order valence-corrected chi connectivity index (χ4v) is 2.01. The Balaban J connectivity index is 2.61. The van der Waals surface area contributed by atoms with Gasteiger partial charge in [0.15, 0.2) is 0 Å². The number of aryl methyl sites for hydroxylation is 1. The average Bonchev–Trinajstić information content (AvgIpc) is 2.36. The van der Waals surface area contributed by atoms with E-state index >= 15 is 0 Å². The number of rotatable bonds is 5. The minimum atomic E-state index is -0.666. The Bertz CT molecular complexity index is 469. The lowest BCUT2D eigenvalue weighted by Gasteiger charge is -2.27. The van der Waals surface area contributed by atoms with Crippen LogP contribution in [0.15, 0.2) is 24.3 Å². The van der Waals surface area contributed by atoms with Crippen LogP contribution in [0.5, 0.6) is 0 Å². The van der Waals surface area contributed by atoms with Crippen molar-refractivity contribution in [3.05, 3.63) is 35.4 Å². The first-order valence-electron chi connectivity index (χ1n) is 6.57. The first-order chi connectivity index (χ1) is 9.32. The summed E-state index contributed by atoms with van der Waals surface area (Å²) in [5, 5.41) is 0. The molecule has 0 spiro atoms. The second-order valence-corrected chi connectivity index (χ2v) is 5.24. The normalized spacial score (nSPS) is 12.1. The van der Waals surface area contributed by atoms with Gasteiger partial charge < -0.3 is 10.5 Å². The quantitative estimate of drug-likeness (QED) is 0.896. The minimum absolute atomic E-state index is 0.0653. The van der Waals surface area contributed by atoms with Gasteiger partial charge in [-0.3, -0.25) is 9.69 Å². The molecular weight excluding hydrogens is 256 g/mol. The molecule has 1 rings (SSSR count). The molecule has 0 heterocycles. The second kappa shape index (κ2) is 6.93. The van der Waals surface area contributed by atoms with E-state index in [4.69, 9.17) is 10.5 Å². The zero-order valence-corrected chi connectivity index (χ0v) is 12.4. The molecule has 2 amide bonds. The van der Waals surface area contributed by atoms with Gasteiger partial charge in [0.1, 0.15) is 12.6 Å². The van der Waals surface area contributed by atoms with Gasteiger partial charge in [-0.15, -0.1) is 0 Å². The maximum Gasteiger partial charge on any atom is 0.410 e. The van der Waals surface area contributed by atoms with Crippen molar-refractivity contribution in [1.29, 1.82) is 0 Å². The van der Waals surface area contributed by atoms with Crippen LogP contribution in [0.3, 0.4) is 0 Å². The molecule has 20 heavy (non-hydrogen) atoms. The molecular formula is C15H22N2O3. The lowest BCUT2D eigenvalue weighted by molar-refractivity contribution is -0.123. The third-order valence-electron chi connectivity index (χ3n) is 3.11. The van der Waals surface area contributed by atoms with Crippen molar-refractivity contribution in [3.8, 4) is 0 Å². The van der Waals surface area contributed by atoms with Crippen LogP contribution < -0.4 is 5.73 Å². The van der Waals surface area contributed by atoms with Gasteiger partial charge in [-0.1, -0.05) is 43.7 Å². The Kier molecular flexibility index (Phi) is 5.55. The summed E-state index contributed by atoms with van der Waals surface area (Å²) in [6, 6.07) is 7.04. The number of primary amides is 1. The van der Waals surface area contributed by atoms with E-state index in [9.17, 15) is 9.59 Å². The molecule has 5 heteroatoms. The van der Waals surface area contributed by atoms with Crippen LogP contribution in [0.25, 0.3) is 0 Å². The summed E-state index contributed by atoms with van der Waals surface area (Å²) in [4.78, 5) is 24.6. The molecule has 1 aromatic rings. The number of ether oxygens (including phenoxy) is 1. The molecule has 1 aromatic carbocycles. The van der Waals surface area contributed by atoms with E-state index in [0.29, 0.717) is 0 Å². The van der Waals surface area contributed by atoms with Crippen molar-refractivity contribution < 1.29 is 14.3 Å². The molecule has 0 saturated heterocycles. The van der Waals surface area contributed by atoms with Gasteiger partial charge in [-0.2, -0.15) is 0 Å². The van der Waals surface area contributed by atoms with E-state index in [0.717, 1.165) is 11.1 Å². The summed E-state index contributed by atoms with van der Waals surface area (Å²) in [7, 11) is 1.52. The third kappa shape index (κ3) is 4.26. The molecule has 5 nitrogen and oxygen atoms in total. The predicted octanol–water partition coefficient (Wildman–Crippen LogP) is 2.07. The van der Waals surface area contributed by atoms with E-state index in [1.165, 1.54) is 11.9 Å². The highest BCUT2D eigenvalue weighted by molar-refractivity contribution is 5.84.